The average molecular weight is 700 g/mol. The predicted molar refractivity (Wildman–Crippen MR) is 189 cm³/mol. The van der Waals surface area contributed by atoms with Crippen LogP contribution in [-0.2, 0) is 12.4 Å². The first kappa shape index (κ1) is 31.5. The van der Waals surface area contributed by atoms with Crippen molar-refractivity contribution in [1.29, 1.82) is 0 Å². The molecule has 0 aliphatic carbocycles. The van der Waals surface area contributed by atoms with Gasteiger partial charge in [0.15, 0.2) is 11.6 Å². The van der Waals surface area contributed by atoms with E-state index in [1.807, 2.05) is 84.9 Å². The largest absolute Gasteiger partial charge is 0.416 e. The number of benzene rings is 6. The number of aromatic nitrogens is 5. The third kappa shape index (κ3) is 5.07. The Morgan fingerprint density at radius 2 is 0.885 bits per heavy atom. The molecule has 0 atom stereocenters. The molecule has 52 heavy (non-hydrogen) atoms. The van der Waals surface area contributed by atoms with E-state index in [-0.39, 0.29) is 45.1 Å². The fraction of sp³-hybridized carbons (Fsp3) is 0.0488. The van der Waals surface area contributed by atoms with Gasteiger partial charge in [-0.3, -0.25) is 4.57 Å². The van der Waals surface area contributed by atoms with Crippen LogP contribution in [0.25, 0.3) is 78.0 Å². The van der Waals surface area contributed by atoms with E-state index in [0.29, 0.717) is 22.2 Å². The molecule has 0 saturated heterocycles. The molecule has 0 spiro atoms. The van der Waals surface area contributed by atoms with E-state index in [4.69, 9.17) is 15.0 Å². The van der Waals surface area contributed by atoms with Gasteiger partial charge in [0.2, 0.25) is 5.95 Å². The summed E-state index contributed by atoms with van der Waals surface area (Å²) in [5.41, 5.74) is 0.974. The minimum Gasteiger partial charge on any atom is -0.307 e. The summed E-state index contributed by atoms with van der Waals surface area (Å²) >= 11 is 0. The van der Waals surface area contributed by atoms with Crippen molar-refractivity contribution < 1.29 is 26.3 Å². The summed E-state index contributed by atoms with van der Waals surface area (Å²) in [7, 11) is 0. The van der Waals surface area contributed by atoms with Crippen molar-refractivity contribution in [2.24, 2.45) is 0 Å². The van der Waals surface area contributed by atoms with Crippen molar-refractivity contribution in [3.05, 3.63) is 151 Å². The van der Waals surface area contributed by atoms with Crippen molar-refractivity contribution in [2.75, 3.05) is 0 Å². The minimum atomic E-state index is -4.83. The van der Waals surface area contributed by atoms with Gasteiger partial charge >= 0.3 is 12.4 Å². The molecular formula is C41H23F6N5. The van der Waals surface area contributed by atoms with Gasteiger partial charge in [0.25, 0.3) is 0 Å². The molecule has 0 fully saturated rings. The Morgan fingerprint density at radius 1 is 0.404 bits per heavy atom. The summed E-state index contributed by atoms with van der Waals surface area (Å²) < 4.78 is 90.4. The van der Waals surface area contributed by atoms with Crippen LogP contribution in [-0.4, -0.2) is 24.1 Å². The SMILES string of the molecule is FC(F)(F)c1ccc2c(c1)c1cc(C(F)(F)F)cc(-n3c4ccccc4c4ccccc43)c1n2-c1nc(-c2ccccc2)nc(-c2ccccc2)n1. The highest BCUT2D eigenvalue weighted by atomic mass is 19.4. The molecule has 0 bridgehead atoms. The number of alkyl halides is 6. The Balaban J connectivity index is 1.49. The maximum atomic E-state index is 14.8. The second kappa shape index (κ2) is 11.5. The van der Waals surface area contributed by atoms with Crippen molar-refractivity contribution in [3.8, 4) is 34.4 Å². The van der Waals surface area contributed by atoms with E-state index in [0.717, 1.165) is 35.0 Å². The van der Waals surface area contributed by atoms with Crippen LogP contribution in [0.2, 0.25) is 0 Å². The normalized spacial score (nSPS) is 12.4. The second-order valence-corrected chi connectivity index (χ2v) is 12.3. The summed E-state index contributed by atoms with van der Waals surface area (Å²) in [4.78, 5) is 14.4. The maximum absolute atomic E-state index is 14.8. The smallest absolute Gasteiger partial charge is 0.307 e. The third-order valence-electron chi connectivity index (χ3n) is 9.20. The van der Waals surface area contributed by atoms with Crippen molar-refractivity contribution in [1.82, 2.24) is 24.1 Å². The zero-order chi connectivity index (χ0) is 35.8. The molecule has 0 N–H and O–H groups in total. The lowest BCUT2D eigenvalue weighted by Gasteiger charge is -2.17. The lowest BCUT2D eigenvalue weighted by atomic mass is 10.0. The minimum absolute atomic E-state index is 0.0224. The van der Waals surface area contributed by atoms with Crippen LogP contribution < -0.4 is 0 Å². The van der Waals surface area contributed by atoms with Crippen LogP contribution in [0.5, 0.6) is 0 Å². The number of para-hydroxylation sites is 2. The number of hydrogen-bond donors (Lipinski definition) is 0. The lowest BCUT2D eigenvalue weighted by molar-refractivity contribution is -0.138. The first-order valence-corrected chi connectivity index (χ1v) is 16.2. The Hall–Kier alpha value is -6.49. The van der Waals surface area contributed by atoms with E-state index < -0.39 is 23.5 Å². The molecule has 0 radical (unpaired) electrons. The molecule has 3 aromatic heterocycles. The number of rotatable bonds is 4. The number of halogens is 6. The second-order valence-electron chi connectivity index (χ2n) is 12.3. The zero-order valence-corrected chi connectivity index (χ0v) is 26.8. The Kier molecular flexibility index (Phi) is 6.98. The molecule has 0 unspecified atom stereocenters. The third-order valence-corrected chi connectivity index (χ3v) is 9.20. The quantitative estimate of drug-likeness (QED) is 0.172. The maximum Gasteiger partial charge on any atom is 0.416 e. The highest BCUT2D eigenvalue weighted by Gasteiger charge is 2.35. The van der Waals surface area contributed by atoms with Crippen LogP contribution >= 0.6 is 0 Å². The van der Waals surface area contributed by atoms with Gasteiger partial charge in [0, 0.05) is 32.7 Å². The van der Waals surface area contributed by atoms with Gasteiger partial charge in [0.05, 0.1) is 38.9 Å². The van der Waals surface area contributed by atoms with Crippen LogP contribution in [0, 0.1) is 0 Å². The van der Waals surface area contributed by atoms with Gasteiger partial charge in [-0.05, 0) is 42.5 Å². The summed E-state index contributed by atoms with van der Waals surface area (Å²) in [5.74, 6) is 0.572. The molecule has 0 saturated carbocycles. The Bertz CT molecular complexity index is 2710. The first-order valence-electron chi connectivity index (χ1n) is 16.2. The molecule has 9 aromatic rings. The van der Waals surface area contributed by atoms with Gasteiger partial charge in [0.1, 0.15) is 0 Å². The van der Waals surface area contributed by atoms with E-state index in [1.165, 1.54) is 6.07 Å². The van der Waals surface area contributed by atoms with Crippen LogP contribution in [0.1, 0.15) is 11.1 Å². The van der Waals surface area contributed by atoms with E-state index in [9.17, 15) is 26.3 Å². The van der Waals surface area contributed by atoms with E-state index in [2.05, 4.69) is 0 Å². The molecule has 3 heterocycles. The summed E-state index contributed by atoms with van der Waals surface area (Å²) in [6.07, 6.45) is -9.58. The molecule has 9 rings (SSSR count). The van der Waals surface area contributed by atoms with Crippen LogP contribution in [0.15, 0.2) is 140 Å². The highest BCUT2D eigenvalue weighted by molar-refractivity contribution is 6.15. The van der Waals surface area contributed by atoms with Gasteiger partial charge in [-0.15, -0.1) is 0 Å². The average Bonchev–Trinajstić information content (AvgIpc) is 3.67. The lowest BCUT2D eigenvalue weighted by Crippen LogP contribution is -2.10. The van der Waals surface area contributed by atoms with Crippen molar-refractivity contribution in [2.45, 2.75) is 12.4 Å². The molecule has 0 aliphatic heterocycles. The highest BCUT2D eigenvalue weighted by Crippen LogP contribution is 2.44. The van der Waals surface area contributed by atoms with Crippen LogP contribution in [0.4, 0.5) is 26.3 Å². The monoisotopic (exact) mass is 699 g/mol. The fourth-order valence-corrected chi connectivity index (χ4v) is 6.92. The Labute approximate surface area is 291 Å². The molecule has 11 heteroatoms. The molecule has 254 valence electrons. The molecular weight excluding hydrogens is 676 g/mol. The molecule has 0 amide bonds. The number of fused-ring (bicyclic) bond motifs is 6. The van der Waals surface area contributed by atoms with Gasteiger partial charge in [-0.2, -0.15) is 36.3 Å². The van der Waals surface area contributed by atoms with Gasteiger partial charge < -0.3 is 4.57 Å². The standard InChI is InChI=1S/C41H23F6N5/c42-40(43,44)26-19-20-34-30(21-26)31-22-27(41(45,46)47)23-35(51-32-17-9-7-15-28(32)29-16-8-10-18-33(29)51)36(31)52(34)39-49-37(24-11-3-1-4-12-24)48-38(50-39)25-13-5-2-6-14-25/h1-23H. The zero-order valence-electron chi connectivity index (χ0n) is 26.8. The topological polar surface area (TPSA) is 48.5 Å². The number of nitrogens with zero attached hydrogens (tertiary/aromatic N) is 5. The van der Waals surface area contributed by atoms with Gasteiger partial charge in [-0.1, -0.05) is 97.1 Å². The molecule has 6 aromatic carbocycles. The summed E-state index contributed by atoms with van der Waals surface area (Å²) in [6.45, 7) is 0. The van der Waals surface area contributed by atoms with Crippen molar-refractivity contribution >= 4 is 43.6 Å². The summed E-state index contributed by atoms with van der Waals surface area (Å²) in [5, 5.41) is 1.50. The molecule has 5 nitrogen and oxygen atoms in total. The van der Waals surface area contributed by atoms with Crippen LogP contribution in [0.3, 0.4) is 0 Å². The first-order chi connectivity index (χ1) is 25.1. The number of hydrogen-bond acceptors (Lipinski definition) is 3. The van der Waals surface area contributed by atoms with E-state index >= 15 is 0 Å². The Morgan fingerprint density at radius 3 is 1.42 bits per heavy atom. The summed E-state index contributed by atoms with van der Waals surface area (Å²) in [6, 6.07) is 37.9. The van der Waals surface area contributed by atoms with E-state index in [1.54, 1.807) is 33.4 Å². The molecule has 0 aliphatic rings. The predicted octanol–water partition coefficient (Wildman–Crippen LogP) is 11.4. The van der Waals surface area contributed by atoms with Crippen molar-refractivity contribution in [3.63, 3.8) is 0 Å². The van der Waals surface area contributed by atoms with Gasteiger partial charge in [-0.25, -0.2) is 4.98 Å². The fourth-order valence-electron chi connectivity index (χ4n) is 6.92.